The van der Waals surface area contributed by atoms with Crippen LogP contribution in [0.15, 0.2) is 24.3 Å². The molecule has 0 saturated heterocycles. The average Bonchev–Trinajstić information content (AvgIpc) is 3.30. The van der Waals surface area contributed by atoms with Gasteiger partial charge in [0.15, 0.2) is 0 Å². The molecule has 0 radical (unpaired) electrons. The number of benzene rings is 1. The predicted octanol–water partition coefficient (Wildman–Crippen LogP) is 0.860. The summed E-state index contributed by atoms with van der Waals surface area (Å²) in [6.45, 7) is 0.568. The van der Waals surface area contributed by atoms with Gasteiger partial charge < -0.3 is 15.2 Å². The normalized spacial score (nSPS) is 14.0. The second-order valence-electron chi connectivity index (χ2n) is 5.15. The topological polar surface area (TPSA) is 78.9 Å². The predicted molar refractivity (Wildman–Crippen MR) is 77.1 cm³/mol. The number of carbonyl (C=O) groups excluding carboxylic acids is 1. The van der Waals surface area contributed by atoms with Crippen LogP contribution in [0.4, 0.5) is 0 Å². The highest BCUT2D eigenvalue weighted by Gasteiger charge is 2.30. The van der Waals surface area contributed by atoms with Gasteiger partial charge in [-0.2, -0.15) is 0 Å². The Morgan fingerprint density at radius 3 is 2.52 bits per heavy atom. The Hall–Kier alpha value is -2.08. The summed E-state index contributed by atoms with van der Waals surface area (Å²) in [4.78, 5) is 24.3. The van der Waals surface area contributed by atoms with E-state index >= 15 is 0 Å². The third-order valence-electron chi connectivity index (χ3n) is 3.39. The standard InChI is InChI=1S/C15H20N2O4/c1-21-13-6-2-11(3-7-13)9-17(12-4-5-12)10-14(18)16-8-15(19)20/h2-3,6-7,12H,4-5,8-10H2,1H3,(H,16,18)(H,19,20). The van der Waals surface area contributed by atoms with Gasteiger partial charge in [0, 0.05) is 12.6 Å². The van der Waals surface area contributed by atoms with E-state index in [0.29, 0.717) is 12.6 Å². The Bertz CT molecular complexity index is 497. The van der Waals surface area contributed by atoms with Crippen molar-refractivity contribution in [3.63, 3.8) is 0 Å². The zero-order valence-electron chi connectivity index (χ0n) is 12.0. The summed E-state index contributed by atoms with van der Waals surface area (Å²) in [5.41, 5.74) is 1.11. The first-order chi connectivity index (χ1) is 10.1. The maximum absolute atomic E-state index is 11.7. The van der Waals surface area contributed by atoms with E-state index in [2.05, 4.69) is 10.2 Å². The van der Waals surface area contributed by atoms with E-state index in [1.54, 1.807) is 7.11 Å². The molecule has 1 aliphatic rings. The van der Waals surface area contributed by atoms with Crippen LogP contribution in [0.25, 0.3) is 0 Å². The molecule has 1 aromatic carbocycles. The molecule has 1 fully saturated rings. The van der Waals surface area contributed by atoms with E-state index in [1.807, 2.05) is 24.3 Å². The molecule has 0 spiro atoms. The molecule has 1 saturated carbocycles. The van der Waals surface area contributed by atoms with E-state index in [-0.39, 0.29) is 19.0 Å². The number of carbonyl (C=O) groups is 2. The minimum absolute atomic E-state index is 0.226. The van der Waals surface area contributed by atoms with E-state index in [1.165, 1.54) is 0 Å². The van der Waals surface area contributed by atoms with Crippen LogP contribution in [0.1, 0.15) is 18.4 Å². The molecule has 0 heterocycles. The lowest BCUT2D eigenvalue weighted by Gasteiger charge is -2.21. The molecule has 114 valence electrons. The summed E-state index contributed by atoms with van der Waals surface area (Å²) in [6.07, 6.45) is 2.17. The first kappa shape index (κ1) is 15.3. The van der Waals surface area contributed by atoms with Crippen molar-refractivity contribution >= 4 is 11.9 Å². The van der Waals surface area contributed by atoms with E-state index < -0.39 is 5.97 Å². The van der Waals surface area contributed by atoms with Crippen molar-refractivity contribution in [1.82, 2.24) is 10.2 Å². The van der Waals surface area contributed by atoms with E-state index in [9.17, 15) is 9.59 Å². The number of rotatable bonds is 8. The van der Waals surface area contributed by atoms with Crippen molar-refractivity contribution in [3.05, 3.63) is 29.8 Å². The lowest BCUT2D eigenvalue weighted by molar-refractivity contribution is -0.138. The maximum Gasteiger partial charge on any atom is 0.322 e. The molecule has 0 atom stereocenters. The second kappa shape index (κ2) is 7.08. The van der Waals surface area contributed by atoms with E-state index in [0.717, 1.165) is 24.2 Å². The van der Waals surface area contributed by atoms with Gasteiger partial charge in [-0.05, 0) is 30.5 Å². The molecule has 1 amide bonds. The quantitative estimate of drug-likeness (QED) is 0.743. The van der Waals surface area contributed by atoms with Crippen LogP contribution >= 0.6 is 0 Å². The summed E-state index contributed by atoms with van der Waals surface area (Å²) < 4.78 is 5.12. The van der Waals surface area contributed by atoms with Crippen LogP contribution in [-0.4, -0.2) is 48.1 Å². The van der Waals surface area contributed by atoms with Gasteiger partial charge in [-0.15, -0.1) is 0 Å². The summed E-state index contributed by atoms with van der Waals surface area (Å²) in [5.74, 6) is -0.481. The molecule has 1 aliphatic carbocycles. The molecule has 0 aromatic heterocycles. The molecule has 21 heavy (non-hydrogen) atoms. The largest absolute Gasteiger partial charge is 0.497 e. The first-order valence-electron chi connectivity index (χ1n) is 6.94. The lowest BCUT2D eigenvalue weighted by atomic mass is 10.2. The van der Waals surface area contributed by atoms with Gasteiger partial charge in [0.25, 0.3) is 0 Å². The van der Waals surface area contributed by atoms with Gasteiger partial charge in [0.2, 0.25) is 5.91 Å². The SMILES string of the molecule is COc1ccc(CN(CC(=O)NCC(=O)O)C2CC2)cc1. The highest BCUT2D eigenvalue weighted by Crippen LogP contribution is 2.28. The number of nitrogens with one attached hydrogen (secondary N) is 1. The Balaban J connectivity index is 1.89. The number of methoxy groups -OCH3 is 1. The Kier molecular flexibility index (Phi) is 5.16. The number of carboxylic acids is 1. The van der Waals surface area contributed by atoms with Crippen LogP contribution in [-0.2, 0) is 16.1 Å². The Morgan fingerprint density at radius 1 is 1.33 bits per heavy atom. The van der Waals surface area contributed by atoms with Crippen molar-refractivity contribution in [2.24, 2.45) is 0 Å². The third kappa shape index (κ3) is 5.07. The fourth-order valence-electron chi connectivity index (χ4n) is 2.13. The third-order valence-corrected chi connectivity index (χ3v) is 3.39. The fraction of sp³-hybridized carbons (Fsp3) is 0.467. The van der Waals surface area contributed by atoms with Gasteiger partial charge in [-0.3, -0.25) is 14.5 Å². The van der Waals surface area contributed by atoms with Crippen molar-refractivity contribution in [1.29, 1.82) is 0 Å². The molecule has 1 aromatic rings. The average molecular weight is 292 g/mol. The molecule has 2 rings (SSSR count). The van der Waals surface area contributed by atoms with Crippen LogP contribution in [0.5, 0.6) is 5.75 Å². The monoisotopic (exact) mass is 292 g/mol. The Morgan fingerprint density at radius 2 is 2.00 bits per heavy atom. The molecule has 2 N–H and O–H groups in total. The number of nitrogens with zero attached hydrogens (tertiary/aromatic N) is 1. The number of ether oxygens (including phenoxy) is 1. The van der Waals surface area contributed by atoms with Gasteiger partial charge in [0.1, 0.15) is 12.3 Å². The molecule has 0 bridgehead atoms. The Labute approximate surface area is 123 Å². The lowest BCUT2D eigenvalue weighted by Crippen LogP contribution is -2.39. The van der Waals surface area contributed by atoms with Crippen molar-refractivity contribution in [2.45, 2.75) is 25.4 Å². The minimum Gasteiger partial charge on any atom is -0.497 e. The van der Waals surface area contributed by atoms with Crippen LogP contribution in [0.2, 0.25) is 0 Å². The van der Waals surface area contributed by atoms with Crippen LogP contribution in [0.3, 0.4) is 0 Å². The smallest absolute Gasteiger partial charge is 0.322 e. The highest BCUT2D eigenvalue weighted by atomic mass is 16.5. The summed E-state index contributed by atoms with van der Waals surface area (Å²) in [7, 11) is 1.62. The minimum atomic E-state index is -1.03. The summed E-state index contributed by atoms with van der Waals surface area (Å²) >= 11 is 0. The van der Waals surface area contributed by atoms with Crippen molar-refractivity contribution in [2.75, 3.05) is 20.2 Å². The van der Waals surface area contributed by atoms with Crippen LogP contribution in [0, 0.1) is 0 Å². The number of hydrogen-bond acceptors (Lipinski definition) is 4. The van der Waals surface area contributed by atoms with Gasteiger partial charge in [-0.1, -0.05) is 12.1 Å². The number of carboxylic acid groups (broad SMARTS) is 1. The summed E-state index contributed by atoms with van der Waals surface area (Å²) in [5, 5.41) is 11.0. The summed E-state index contributed by atoms with van der Waals surface area (Å²) in [6, 6.07) is 8.16. The van der Waals surface area contributed by atoms with Crippen molar-refractivity contribution < 1.29 is 19.4 Å². The molecule has 0 aliphatic heterocycles. The zero-order valence-corrected chi connectivity index (χ0v) is 12.0. The van der Waals surface area contributed by atoms with Crippen LogP contribution < -0.4 is 10.1 Å². The van der Waals surface area contributed by atoms with Crippen molar-refractivity contribution in [3.8, 4) is 5.75 Å². The highest BCUT2D eigenvalue weighted by molar-refractivity contribution is 5.82. The molecule has 6 heteroatoms. The zero-order chi connectivity index (χ0) is 15.2. The number of amides is 1. The second-order valence-corrected chi connectivity index (χ2v) is 5.15. The molecule has 0 unspecified atom stereocenters. The molecular formula is C15H20N2O4. The van der Waals surface area contributed by atoms with Gasteiger partial charge >= 0.3 is 5.97 Å². The maximum atomic E-state index is 11.7. The molecule has 6 nitrogen and oxygen atoms in total. The fourth-order valence-corrected chi connectivity index (χ4v) is 2.13. The first-order valence-corrected chi connectivity index (χ1v) is 6.94. The number of aliphatic carboxylic acids is 1. The van der Waals surface area contributed by atoms with E-state index in [4.69, 9.17) is 9.84 Å². The number of hydrogen-bond donors (Lipinski definition) is 2. The molecular weight excluding hydrogens is 272 g/mol. The van der Waals surface area contributed by atoms with Gasteiger partial charge in [-0.25, -0.2) is 0 Å². The van der Waals surface area contributed by atoms with Gasteiger partial charge in [0.05, 0.1) is 13.7 Å².